The fraction of sp³-hybridized carbons (Fsp3) is 0.538. The Morgan fingerprint density at radius 3 is 2.53 bits per heavy atom. The molecule has 106 valence electrons. The number of morpholine rings is 1. The van der Waals surface area contributed by atoms with E-state index in [1.165, 1.54) is 12.1 Å². The molecule has 0 N–H and O–H groups in total. The van der Waals surface area contributed by atoms with E-state index < -0.39 is 10.1 Å². The summed E-state index contributed by atoms with van der Waals surface area (Å²) in [6, 6.07) is 8.22. The number of hydrogen-bond donors (Lipinski definition) is 0. The molecule has 0 unspecified atom stereocenters. The minimum absolute atomic E-state index is 0.210. The molecule has 1 aromatic carbocycles. The normalized spacial score (nSPS) is 17.5. The van der Waals surface area contributed by atoms with Crippen molar-refractivity contribution in [2.24, 2.45) is 0 Å². The molecule has 0 radical (unpaired) electrons. The Kier molecular flexibility index (Phi) is 5.33. The van der Waals surface area contributed by atoms with Crippen LogP contribution in [0.2, 0.25) is 0 Å². The maximum absolute atomic E-state index is 11.8. The van der Waals surface area contributed by atoms with Crippen molar-refractivity contribution in [2.45, 2.75) is 11.3 Å². The summed E-state index contributed by atoms with van der Waals surface area (Å²) < 4.78 is 33.9. The molecular weight excluding hydrogens is 266 g/mol. The van der Waals surface area contributed by atoms with Crippen molar-refractivity contribution >= 4 is 10.1 Å². The smallest absolute Gasteiger partial charge is 0.296 e. The largest absolute Gasteiger partial charge is 0.379 e. The van der Waals surface area contributed by atoms with Crippen LogP contribution >= 0.6 is 0 Å². The van der Waals surface area contributed by atoms with Crippen LogP contribution in [0.1, 0.15) is 6.42 Å². The summed E-state index contributed by atoms with van der Waals surface area (Å²) in [6.07, 6.45) is 0.700. The van der Waals surface area contributed by atoms with Gasteiger partial charge in [0.2, 0.25) is 0 Å². The van der Waals surface area contributed by atoms with E-state index in [1.54, 1.807) is 18.2 Å². The first-order chi connectivity index (χ1) is 9.18. The molecule has 1 saturated heterocycles. The van der Waals surface area contributed by atoms with Gasteiger partial charge in [-0.1, -0.05) is 18.2 Å². The van der Waals surface area contributed by atoms with Crippen molar-refractivity contribution in [1.82, 2.24) is 4.90 Å². The number of ether oxygens (including phenoxy) is 1. The lowest BCUT2D eigenvalue weighted by molar-refractivity contribution is 0.0359. The molecule has 1 aromatic rings. The van der Waals surface area contributed by atoms with Gasteiger partial charge >= 0.3 is 0 Å². The number of nitrogens with zero attached hydrogens (tertiary/aromatic N) is 1. The van der Waals surface area contributed by atoms with Crippen molar-refractivity contribution in [1.29, 1.82) is 0 Å². The summed E-state index contributed by atoms with van der Waals surface area (Å²) in [5.74, 6) is 0. The van der Waals surface area contributed by atoms with E-state index in [-0.39, 0.29) is 11.5 Å². The number of rotatable bonds is 6. The predicted octanol–water partition coefficient (Wildman–Crippen LogP) is 1.11. The van der Waals surface area contributed by atoms with E-state index in [0.717, 1.165) is 32.8 Å². The van der Waals surface area contributed by atoms with Crippen LogP contribution < -0.4 is 0 Å². The molecule has 0 saturated carbocycles. The second-order valence-corrected chi connectivity index (χ2v) is 6.01. The fourth-order valence-corrected chi connectivity index (χ4v) is 2.90. The molecule has 5 nitrogen and oxygen atoms in total. The maximum Gasteiger partial charge on any atom is 0.296 e. The summed E-state index contributed by atoms with van der Waals surface area (Å²) in [4.78, 5) is 2.46. The van der Waals surface area contributed by atoms with Crippen LogP contribution in [0.5, 0.6) is 0 Å². The minimum atomic E-state index is -3.61. The van der Waals surface area contributed by atoms with Crippen LogP contribution in [0.3, 0.4) is 0 Å². The molecule has 0 bridgehead atoms. The zero-order valence-corrected chi connectivity index (χ0v) is 11.6. The third-order valence-electron chi connectivity index (χ3n) is 2.99. The highest BCUT2D eigenvalue weighted by molar-refractivity contribution is 7.86. The highest BCUT2D eigenvalue weighted by Crippen LogP contribution is 2.11. The molecule has 0 aromatic heterocycles. The molecule has 19 heavy (non-hydrogen) atoms. The summed E-state index contributed by atoms with van der Waals surface area (Å²) >= 11 is 0. The van der Waals surface area contributed by atoms with Gasteiger partial charge in [-0.2, -0.15) is 8.42 Å². The summed E-state index contributed by atoms with van der Waals surface area (Å²) in [6.45, 7) is 4.38. The van der Waals surface area contributed by atoms with Crippen LogP contribution in [0.4, 0.5) is 0 Å². The van der Waals surface area contributed by atoms with Crippen LogP contribution in [0, 0.1) is 0 Å². The SMILES string of the molecule is O=S(=O)(OCCCN1CCOCC1)c1ccccc1. The monoisotopic (exact) mass is 285 g/mol. The van der Waals surface area contributed by atoms with E-state index in [4.69, 9.17) is 8.92 Å². The van der Waals surface area contributed by atoms with E-state index >= 15 is 0 Å². The first-order valence-electron chi connectivity index (χ1n) is 6.43. The zero-order valence-electron chi connectivity index (χ0n) is 10.8. The van der Waals surface area contributed by atoms with E-state index in [1.807, 2.05) is 0 Å². The molecule has 2 rings (SSSR count). The topological polar surface area (TPSA) is 55.8 Å². The molecule has 6 heteroatoms. The first kappa shape index (κ1) is 14.5. The van der Waals surface area contributed by atoms with Gasteiger partial charge in [-0.25, -0.2) is 0 Å². The van der Waals surface area contributed by atoms with Gasteiger partial charge in [-0.05, 0) is 18.6 Å². The van der Waals surface area contributed by atoms with E-state index in [9.17, 15) is 8.42 Å². The minimum Gasteiger partial charge on any atom is -0.379 e. The lowest BCUT2D eigenvalue weighted by atomic mass is 10.3. The molecule has 1 heterocycles. The second kappa shape index (κ2) is 7.00. The van der Waals surface area contributed by atoms with Gasteiger partial charge in [0.1, 0.15) is 0 Å². The van der Waals surface area contributed by atoms with Crippen LogP contribution in [0.25, 0.3) is 0 Å². The Morgan fingerprint density at radius 2 is 1.84 bits per heavy atom. The van der Waals surface area contributed by atoms with Crippen LogP contribution in [-0.2, 0) is 19.0 Å². The van der Waals surface area contributed by atoms with Gasteiger partial charge in [-0.3, -0.25) is 9.08 Å². The third kappa shape index (κ3) is 4.58. The summed E-state index contributed by atoms with van der Waals surface area (Å²) in [5.41, 5.74) is 0. The first-order valence-corrected chi connectivity index (χ1v) is 7.84. The average Bonchev–Trinajstić information content (AvgIpc) is 2.46. The molecule has 0 atom stereocenters. The lowest BCUT2D eigenvalue weighted by Crippen LogP contribution is -2.37. The van der Waals surface area contributed by atoms with Gasteiger partial charge < -0.3 is 4.74 Å². The van der Waals surface area contributed by atoms with Crippen molar-refractivity contribution in [3.05, 3.63) is 30.3 Å². The summed E-state index contributed by atoms with van der Waals surface area (Å²) in [7, 11) is -3.61. The molecule has 0 amide bonds. The van der Waals surface area contributed by atoms with Crippen molar-refractivity contribution < 1.29 is 17.3 Å². The van der Waals surface area contributed by atoms with Gasteiger partial charge in [0, 0.05) is 19.6 Å². The van der Waals surface area contributed by atoms with Gasteiger partial charge in [0.05, 0.1) is 24.7 Å². The molecule has 0 spiro atoms. The number of benzene rings is 1. The standard InChI is InChI=1S/C13H19NO4S/c15-19(16,13-5-2-1-3-6-13)18-10-4-7-14-8-11-17-12-9-14/h1-3,5-6H,4,7-12H2. The second-order valence-electron chi connectivity index (χ2n) is 4.40. The van der Waals surface area contributed by atoms with Crippen molar-refractivity contribution in [2.75, 3.05) is 39.5 Å². The molecule has 1 aliphatic heterocycles. The van der Waals surface area contributed by atoms with Crippen molar-refractivity contribution in [3.8, 4) is 0 Å². The predicted molar refractivity (Wildman–Crippen MR) is 71.5 cm³/mol. The Bertz CT molecular complexity index is 469. The fourth-order valence-electron chi connectivity index (χ4n) is 1.94. The lowest BCUT2D eigenvalue weighted by Gasteiger charge is -2.26. The Balaban J connectivity index is 1.73. The molecule has 1 aliphatic rings. The zero-order chi connectivity index (χ0) is 13.6. The summed E-state index contributed by atoms with van der Waals surface area (Å²) in [5, 5.41) is 0. The highest BCUT2D eigenvalue weighted by atomic mass is 32.2. The van der Waals surface area contributed by atoms with Gasteiger partial charge in [-0.15, -0.1) is 0 Å². The molecule has 1 fully saturated rings. The highest BCUT2D eigenvalue weighted by Gasteiger charge is 2.15. The number of hydrogen-bond acceptors (Lipinski definition) is 5. The van der Waals surface area contributed by atoms with Crippen LogP contribution in [0.15, 0.2) is 35.2 Å². The van der Waals surface area contributed by atoms with Crippen LogP contribution in [-0.4, -0.2) is 52.8 Å². The van der Waals surface area contributed by atoms with E-state index in [2.05, 4.69) is 4.90 Å². The Hall–Kier alpha value is -0.950. The maximum atomic E-state index is 11.8. The van der Waals surface area contributed by atoms with Crippen molar-refractivity contribution in [3.63, 3.8) is 0 Å². The van der Waals surface area contributed by atoms with Gasteiger partial charge in [0.25, 0.3) is 10.1 Å². The molecular formula is C13H19NO4S. The molecule has 0 aliphatic carbocycles. The van der Waals surface area contributed by atoms with Gasteiger partial charge in [0.15, 0.2) is 0 Å². The quantitative estimate of drug-likeness (QED) is 0.579. The Morgan fingerprint density at radius 1 is 1.16 bits per heavy atom. The van der Waals surface area contributed by atoms with E-state index in [0.29, 0.717) is 6.42 Å². The average molecular weight is 285 g/mol. The third-order valence-corrected chi connectivity index (χ3v) is 4.32. The Labute approximate surface area is 114 Å².